The molecule has 1 aliphatic rings. The predicted molar refractivity (Wildman–Crippen MR) is 96.3 cm³/mol. The van der Waals surface area contributed by atoms with E-state index >= 15 is 0 Å². The van der Waals surface area contributed by atoms with E-state index in [1.807, 2.05) is 24.3 Å². The Bertz CT molecular complexity index is 928. The molecule has 2 aromatic carbocycles. The van der Waals surface area contributed by atoms with Crippen LogP contribution in [0.4, 0.5) is 4.39 Å². The van der Waals surface area contributed by atoms with Crippen LogP contribution in [0.3, 0.4) is 0 Å². The van der Waals surface area contributed by atoms with Crippen molar-refractivity contribution in [3.8, 4) is 0 Å². The van der Waals surface area contributed by atoms with Gasteiger partial charge in [-0.1, -0.05) is 24.3 Å². The van der Waals surface area contributed by atoms with Crippen molar-refractivity contribution in [1.29, 1.82) is 0 Å². The topological polar surface area (TPSA) is 66.5 Å². The van der Waals surface area contributed by atoms with Crippen molar-refractivity contribution in [3.63, 3.8) is 0 Å². The summed E-state index contributed by atoms with van der Waals surface area (Å²) in [5, 5.41) is 0. The number of sulfonamides is 1. The van der Waals surface area contributed by atoms with Gasteiger partial charge in [-0.2, -0.15) is 0 Å². The summed E-state index contributed by atoms with van der Waals surface area (Å²) in [4.78, 5) is 13.7. The fraction of sp³-hybridized carbons (Fsp3) is 0.316. The molecule has 26 heavy (non-hydrogen) atoms. The molecule has 0 aromatic heterocycles. The Morgan fingerprint density at radius 2 is 1.88 bits per heavy atom. The van der Waals surface area contributed by atoms with Crippen LogP contribution in [0.15, 0.2) is 47.4 Å². The molecule has 3 rings (SSSR count). The van der Waals surface area contributed by atoms with E-state index in [0.717, 1.165) is 30.2 Å². The molecule has 0 unspecified atom stereocenters. The van der Waals surface area contributed by atoms with E-state index in [0.29, 0.717) is 13.0 Å². The minimum Gasteiger partial charge on any atom is -0.338 e. The molecule has 1 amide bonds. The van der Waals surface area contributed by atoms with Crippen LogP contribution in [0.25, 0.3) is 0 Å². The summed E-state index contributed by atoms with van der Waals surface area (Å²) < 4.78 is 40.9. The molecule has 2 aromatic rings. The number of nitrogens with zero attached hydrogens (tertiary/aromatic N) is 1. The SMILES string of the molecule is Cc1cc(S(=O)(=O)NCc2ccccc2CN2CCCC2=O)ccc1F. The van der Waals surface area contributed by atoms with E-state index in [-0.39, 0.29) is 22.9 Å². The van der Waals surface area contributed by atoms with Crippen molar-refractivity contribution in [2.45, 2.75) is 37.8 Å². The van der Waals surface area contributed by atoms with E-state index < -0.39 is 15.8 Å². The zero-order chi connectivity index (χ0) is 18.7. The highest BCUT2D eigenvalue weighted by molar-refractivity contribution is 7.89. The molecule has 0 atom stereocenters. The lowest BCUT2D eigenvalue weighted by molar-refractivity contribution is -0.128. The van der Waals surface area contributed by atoms with Crippen molar-refractivity contribution in [2.75, 3.05) is 6.54 Å². The van der Waals surface area contributed by atoms with Crippen LogP contribution in [0.2, 0.25) is 0 Å². The van der Waals surface area contributed by atoms with Crippen LogP contribution in [-0.4, -0.2) is 25.8 Å². The summed E-state index contributed by atoms with van der Waals surface area (Å²) >= 11 is 0. The number of aryl methyl sites for hydroxylation is 1. The van der Waals surface area contributed by atoms with Gasteiger partial charge < -0.3 is 4.90 Å². The molecule has 0 spiro atoms. The molecule has 5 nitrogen and oxygen atoms in total. The normalized spacial score (nSPS) is 14.8. The van der Waals surface area contributed by atoms with E-state index in [2.05, 4.69) is 4.72 Å². The number of amides is 1. The first-order valence-corrected chi connectivity index (χ1v) is 9.95. The third-order valence-corrected chi connectivity index (χ3v) is 5.94. The van der Waals surface area contributed by atoms with E-state index in [1.54, 1.807) is 4.90 Å². The van der Waals surface area contributed by atoms with Gasteiger partial charge in [-0.3, -0.25) is 4.79 Å². The van der Waals surface area contributed by atoms with Gasteiger partial charge in [0.15, 0.2) is 0 Å². The number of benzene rings is 2. The lowest BCUT2D eigenvalue weighted by Crippen LogP contribution is -2.27. The van der Waals surface area contributed by atoms with Gasteiger partial charge in [0.25, 0.3) is 0 Å². The summed E-state index contributed by atoms with van der Waals surface area (Å²) in [5.74, 6) is -0.313. The van der Waals surface area contributed by atoms with Crippen molar-refractivity contribution in [2.24, 2.45) is 0 Å². The molecule has 0 radical (unpaired) electrons. The van der Waals surface area contributed by atoms with Gasteiger partial charge in [-0.25, -0.2) is 17.5 Å². The van der Waals surface area contributed by atoms with Crippen LogP contribution < -0.4 is 4.72 Å². The Morgan fingerprint density at radius 3 is 2.54 bits per heavy atom. The van der Waals surface area contributed by atoms with Gasteiger partial charge in [0.05, 0.1) is 4.90 Å². The quantitative estimate of drug-likeness (QED) is 0.843. The molecule has 1 saturated heterocycles. The zero-order valence-corrected chi connectivity index (χ0v) is 15.4. The largest absolute Gasteiger partial charge is 0.338 e. The lowest BCUT2D eigenvalue weighted by atomic mass is 10.1. The van der Waals surface area contributed by atoms with Gasteiger partial charge in [-0.05, 0) is 48.2 Å². The molecular weight excluding hydrogens is 355 g/mol. The second kappa shape index (κ2) is 7.55. The smallest absolute Gasteiger partial charge is 0.240 e. The van der Waals surface area contributed by atoms with Crippen LogP contribution in [0.1, 0.15) is 29.5 Å². The Hall–Kier alpha value is -2.25. The Balaban J connectivity index is 1.74. The maximum atomic E-state index is 13.4. The second-order valence-electron chi connectivity index (χ2n) is 6.42. The number of nitrogens with one attached hydrogen (secondary N) is 1. The number of likely N-dealkylation sites (tertiary alicyclic amines) is 1. The minimum atomic E-state index is -3.75. The van der Waals surface area contributed by atoms with E-state index in [1.165, 1.54) is 19.1 Å². The average Bonchev–Trinajstić information content (AvgIpc) is 3.01. The molecule has 1 N–H and O–H groups in total. The third kappa shape index (κ3) is 4.11. The molecule has 1 aliphatic heterocycles. The molecule has 7 heteroatoms. The van der Waals surface area contributed by atoms with Gasteiger partial charge in [-0.15, -0.1) is 0 Å². The number of halogens is 1. The molecule has 0 aliphatic carbocycles. The van der Waals surface area contributed by atoms with Crippen LogP contribution in [-0.2, 0) is 27.9 Å². The zero-order valence-electron chi connectivity index (χ0n) is 14.5. The van der Waals surface area contributed by atoms with Crippen LogP contribution in [0, 0.1) is 12.7 Å². The summed E-state index contributed by atoms with van der Waals surface area (Å²) in [6.07, 6.45) is 1.43. The predicted octanol–water partition coefficient (Wildman–Crippen LogP) is 2.74. The maximum absolute atomic E-state index is 13.4. The van der Waals surface area contributed by atoms with Gasteiger partial charge >= 0.3 is 0 Å². The van der Waals surface area contributed by atoms with Crippen LogP contribution >= 0.6 is 0 Å². The van der Waals surface area contributed by atoms with E-state index in [4.69, 9.17) is 0 Å². The minimum absolute atomic E-state index is 0.0311. The Kier molecular flexibility index (Phi) is 5.38. The number of rotatable bonds is 6. The van der Waals surface area contributed by atoms with Gasteiger partial charge in [0.2, 0.25) is 15.9 Å². The first-order chi connectivity index (χ1) is 12.4. The average molecular weight is 376 g/mol. The van der Waals surface area contributed by atoms with Crippen molar-refractivity contribution in [3.05, 3.63) is 65.0 Å². The van der Waals surface area contributed by atoms with Crippen molar-refractivity contribution in [1.82, 2.24) is 9.62 Å². The fourth-order valence-corrected chi connectivity index (χ4v) is 4.09. The summed E-state index contributed by atoms with van der Waals surface area (Å²) in [6, 6.07) is 11.2. The highest BCUT2D eigenvalue weighted by atomic mass is 32.2. The van der Waals surface area contributed by atoms with Gasteiger partial charge in [0, 0.05) is 26.1 Å². The molecule has 0 saturated carbocycles. The standard InChI is InChI=1S/C19H21FN2O3S/c1-14-11-17(8-9-18(14)20)26(24,25)21-12-15-5-2-3-6-16(15)13-22-10-4-7-19(22)23/h2-3,5-6,8-9,11,21H,4,7,10,12-13H2,1H3. The van der Waals surface area contributed by atoms with E-state index in [9.17, 15) is 17.6 Å². The van der Waals surface area contributed by atoms with Crippen LogP contribution in [0.5, 0.6) is 0 Å². The van der Waals surface area contributed by atoms with Gasteiger partial charge in [0.1, 0.15) is 5.82 Å². The summed E-state index contributed by atoms with van der Waals surface area (Å²) in [7, 11) is -3.75. The number of hydrogen-bond donors (Lipinski definition) is 1. The Morgan fingerprint density at radius 1 is 1.15 bits per heavy atom. The fourth-order valence-electron chi connectivity index (χ4n) is 3.00. The first-order valence-electron chi connectivity index (χ1n) is 8.47. The molecule has 1 heterocycles. The number of carbonyl (C=O) groups is 1. The Labute approximate surface area is 152 Å². The molecule has 138 valence electrons. The second-order valence-corrected chi connectivity index (χ2v) is 8.19. The summed E-state index contributed by atoms with van der Waals surface area (Å²) in [5.41, 5.74) is 2.01. The summed E-state index contributed by atoms with van der Waals surface area (Å²) in [6.45, 7) is 2.84. The maximum Gasteiger partial charge on any atom is 0.240 e. The lowest BCUT2D eigenvalue weighted by Gasteiger charge is -2.18. The highest BCUT2D eigenvalue weighted by Crippen LogP contribution is 2.19. The third-order valence-electron chi connectivity index (χ3n) is 4.54. The number of carbonyl (C=O) groups excluding carboxylic acids is 1. The molecular formula is C19H21FN2O3S. The molecule has 1 fully saturated rings. The number of hydrogen-bond acceptors (Lipinski definition) is 3. The molecule has 0 bridgehead atoms. The first kappa shape index (κ1) is 18.5. The highest BCUT2D eigenvalue weighted by Gasteiger charge is 2.21. The van der Waals surface area contributed by atoms with Crippen molar-refractivity contribution < 1.29 is 17.6 Å². The monoisotopic (exact) mass is 376 g/mol. The van der Waals surface area contributed by atoms with Crippen molar-refractivity contribution >= 4 is 15.9 Å².